The number of methoxy groups -OCH3 is 1. The molecule has 2 aliphatic rings. The molecule has 0 aromatic heterocycles. The minimum Gasteiger partial charge on any atom is -0.496 e. The number of carbonyl (C=O) groups excluding carboxylic acids is 1. The summed E-state index contributed by atoms with van der Waals surface area (Å²) >= 11 is 0. The van der Waals surface area contributed by atoms with Gasteiger partial charge in [-0.05, 0) is 68.1 Å². The molecule has 0 atom stereocenters. The van der Waals surface area contributed by atoms with Gasteiger partial charge in [-0.1, -0.05) is 37.1 Å². The van der Waals surface area contributed by atoms with Crippen LogP contribution in [0.25, 0.3) is 0 Å². The molecule has 1 N–H and O–H groups in total. The first-order valence-electron chi connectivity index (χ1n) is 12.2. The van der Waals surface area contributed by atoms with Gasteiger partial charge in [-0.25, -0.2) is 8.42 Å². The quantitative estimate of drug-likeness (QED) is 0.616. The van der Waals surface area contributed by atoms with Gasteiger partial charge in [0.05, 0.1) is 17.6 Å². The van der Waals surface area contributed by atoms with Crippen molar-refractivity contribution in [2.24, 2.45) is 0 Å². The Labute approximate surface area is 203 Å². The lowest BCUT2D eigenvalue weighted by molar-refractivity contribution is 0.0947. The Morgan fingerprint density at radius 3 is 2.24 bits per heavy atom. The molecule has 2 aromatic carbocycles. The molecule has 2 saturated heterocycles. The number of hydrogen-bond acceptors (Lipinski definition) is 5. The molecule has 0 bridgehead atoms. The largest absolute Gasteiger partial charge is 0.496 e. The number of carbonyl (C=O) groups is 1. The molecule has 2 heterocycles. The van der Waals surface area contributed by atoms with Crippen LogP contribution in [0.4, 0.5) is 0 Å². The summed E-state index contributed by atoms with van der Waals surface area (Å²) in [4.78, 5) is 15.7. The SMILES string of the molecule is COc1ccc(S(=O)(=O)N2CCCCCC2)cc1C(=O)NCc1ccccc1CN1CCCC1. The van der Waals surface area contributed by atoms with E-state index < -0.39 is 10.0 Å². The van der Waals surface area contributed by atoms with Gasteiger partial charge in [-0.15, -0.1) is 0 Å². The molecule has 4 rings (SSSR count). The van der Waals surface area contributed by atoms with Gasteiger partial charge in [0.25, 0.3) is 5.91 Å². The van der Waals surface area contributed by atoms with Crippen LogP contribution in [0.3, 0.4) is 0 Å². The van der Waals surface area contributed by atoms with Gasteiger partial charge in [0.15, 0.2) is 0 Å². The number of nitrogens with one attached hydrogen (secondary N) is 1. The van der Waals surface area contributed by atoms with Crippen molar-refractivity contribution < 1.29 is 17.9 Å². The van der Waals surface area contributed by atoms with Crippen molar-refractivity contribution in [1.29, 1.82) is 0 Å². The van der Waals surface area contributed by atoms with Crippen molar-refractivity contribution in [3.05, 3.63) is 59.2 Å². The van der Waals surface area contributed by atoms with Crippen LogP contribution in [0.2, 0.25) is 0 Å². The van der Waals surface area contributed by atoms with Gasteiger partial charge in [0.2, 0.25) is 10.0 Å². The summed E-state index contributed by atoms with van der Waals surface area (Å²) in [7, 11) is -2.17. The van der Waals surface area contributed by atoms with Crippen LogP contribution < -0.4 is 10.1 Å². The topological polar surface area (TPSA) is 79.0 Å². The molecule has 34 heavy (non-hydrogen) atoms. The van der Waals surface area contributed by atoms with Crippen molar-refractivity contribution in [1.82, 2.24) is 14.5 Å². The zero-order valence-electron chi connectivity index (χ0n) is 20.0. The van der Waals surface area contributed by atoms with Crippen LogP contribution in [0.15, 0.2) is 47.4 Å². The molecule has 1 amide bonds. The fourth-order valence-corrected chi connectivity index (χ4v) is 6.34. The Morgan fingerprint density at radius 2 is 1.56 bits per heavy atom. The van der Waals surface area contributed by atoms with Gasteiger partial charge in [0.1, 0.15) is 5.75 Å². The van der Waals surface area contributed by atoms with E-state index in [1.54, 1.807) is 6.07 Å². The minimum atomic E-state index is -3.66. The first kappa shape index (κ1) is 24.7. The Balaban J connectivity index is 1.51. The smallest absolute Gasteiger partial charge is 0.255 e. The second-order valence-corrected chi connectivity index (χ2v) is 11.1. The summed E-state index contributed by atoms with van der Waals surface area (Å²) in [6.07, 6.45) is 6.27. The summed E-state index contributed by atoms with van der Waals surface area (Å²) in [5.74, 6) is 0.0124. The molecule has 2 aliphatic heterocycles. The van der Waals surface area contributed by atoms with E-state index >= 15 is 0 Å². The number of benzene rings is 2. The molecule has 7 nitrogen and oxygen atoms in total. The highest BCUT2D eigenvalue weighted by atomic mass is 32.2. The highest BCUT2D eigenvalue weighted by Crippen LogP contribution is 2.26. The molecule has 0 saturated carbocycles. The van der Waals surface area contributed by atoms with Gasteiger partial charge in [-0.2, -0.15) is 4.31 Å². The van der Waals surface area contributed by atoms with E-state index in [1.165, 1.54) is 42.0 Å². The monoisotopic (exact) mass is 485 g/mol. The summed E-state index contributed by atoms with van der Waals surface area (Å²) in [6.45, 7) is 4.49. The van der Waals surface area contributed by atoms with Crippen LogP contribution in [-0.2, 0) is 23.1 Å². The fraction of sp³-hybridized carbons (Fsp3) is 0.500. The predicted molar refractivity (Wildman–Crippen MR) is 132 cm³/mol. The lowest BCUT2D eigenvalue weighted by atomic mass is 10.1. The molecule has 0 aliphatic carbocycles. The minimum absolute atomic E-state index is 0.134. The lowest BCUT2D eigenvalue weighted by Gasteiger charge is -2.21. The Kier molecular flexibility index (Phi) is 8.24. The number of sulfonamides is 1. The third-order valence-corrected chi connectivity index (χ3v) is 8.66. The Morgan fingerprint density at radius 1 is 0.912 bits per heavy atom. The maximum Gasteiger partial charge on any atom is 0.255 e. The van der Waals surface area contributed by atoms with Crippen molar-refractivity contribution >= 4 is 15.9 Å². The highest BCUT2D eigenvalue weighted by Gasteiger charge is 2.27. The van der Waals surface area contributed by atoms with E-state index in [0.717, 1.165) is 50.9 Å². The third-order valence-electron chi connectivity index (χ3n) is 6.77. The van der Waals surface area contributed by atoms with Crippen LogP contribution >= 0.6 is 0 Å². The van der Waals surface area contributed by atoms with Crippen molar-refractivity contribution in [3.63, 3.8) is 0 Å². The van der Waals surface area contributed by atoms with Gasteiger partial charge >= 0.3 is 0 Å². The zero-order chi connectivity index (χ0) is 24.0. The summed E-state index contributed by atoms with van der Waals surface area (Å²) in [5, 5.41) is 2.98. The van der Waals surface area contributed by atoms with Crippen molar-refractivity contribution in [3.8, 4) is 5.75 Å². The Bertz CT molecular complexity index is 1090. The first-order valence-corrected chi connectivity index (χ1v) is 13.7. The molecule has 2 fully saturated rings. The number of amides is 1. The number of ether oxygens (including phenoxy) is 1. The van der Waals surface area contributed by atoms with Crippen molar-refractivity contribution in [2.45, 2.75) is 56.5 Å². The van der Waals surface area contributed by atoms with Crippen LogP contribution in [-0.4, -0.2) is 56.8 Å². The number of likely N-dealkylation sites (tertiary alicyclic amines) is 1. The van der Waals surface area contributed by atoms with E-state index in [0.29, 0.717) is 25.4 Å². The average Bonchev–Trinajstić information content (AvgIpc) is 3.20. The first-order chi connectivity index (χ1) is 16.5. The number of hydrogen-bond donors (Lipinski definition) is 1. The molecule has 0 spiro atoms. The van der Waals surface area contributed by atoms with Crippen molar-refractivity contribution in [2.75, 3.05) is 33.3 Å². The van der Waals surface area contributed by atoms with Gasteiger partial charge in [0, 0.05) is 26.2 Å². The van der Waals surface area contributed by atoms with E-state index in [4.69, 9.17) is 4.74 Å². The second kappa shape index (κ2) is 11.3. The molecular weight excluding hydrogens is 450 g/mol. The molecule has 2 aromatic rings. The third kappa shape index (κ3) is 5.79. The lowest BCUT2D eigenvalue weighted by Crippen LogP contribution is -2.32. The van der Waals surface area contributed by atoms with Gasteiger partial charge < -0.3 is 10.1 Å². The van der Waals surface area contributed by atoms with E-state index in [1.807, 2.05) is 18.2 Å². The number of nitrogens with zero attached hydrogens (tertiary/aromatic N) is 2. The second-order valence-electron chi connectivity index (χ2n) is 9.12. The summed E-state index contributed by atoms with van der Waals surface area (Å²) < 4.78 is 33.4. The normalized spacial score (nSPS) is 17.9. The molecule has 0 radical (unpaired) electrons. The predicted octanol–water partition coefficient (Wildman–Crippen LogP) is 3.79. The van der Waals surface area contributed by atoms with E-state index in [9.17, 15) is 13.2 Å². The van der Waals surface area contributed by atoms with Crippen LogP contribution in [0.5, 0.6) is 5.75 Å². The van der Waals surface area contributed by atoms with E-state index in [-0.39, 0.29) is 16.4 Å². The summed E-state index contributed by atoms with van der Waals surface area (Å²) in [6, 6.07) is 12.7. The highest BCUT2D eigenvalue weighted by molar-refractivity contribution is 7.89. The van der Waals surface area contributed by atoms with Gasteiger partial charge in [-0.3, -0.25) is 9.69 Å². The maximum absolute atomic E-state index is 13.3. The summed E-state index contributed by atoms with van der Waals surface area (Å²) in [5.41, 5.74) is 2.50. The fourth-order valence-electron chi connectivity index (χ4n) is 4.79. The molecule has 184 valence electrons. The molecular formula is C26H35N3O4S. The molecule has 0 unspecified atom stereocenters. The van der Waals surface area contributed by atoms with E-state index in [2.05, 4.69) is 16.3 Å². The number of rotatable bonds is 8. The Hall–Kier alpha value is -2.42. The molecule has 8 heteroatoms. The zero-order valence-corrected chi connectivity index (χ0v) is 20.8. The average molecular weight is 486 g/mol. The van der Waals surface area contributed by atoms with Crippen LogP contribution in [0, 0.1) is 0 Å². The van der Waals surface area contributed by atoms with Crippen LogP contribution in [0.1, 0.15) is 60.0 Å². The maximum atomic E-state index is 13.3. The standard InChI is InChI=1S/C26H35N3O4S/c1-33-25-13-12-23(34(31,32)29-16-6-2-3-7-17-29)18-24(25)26(30)27-19-21-10-4-5-11-22(21)20-28-14-8-9-15-28/h4-5,10-13,18H,2-3,6-9,14-17,19-20H2,1H3,(H,27,30).